The lowest BCUT2D eigenvalue weighted by Gasteiger charge is -2.14. The number of nitrogens with zero attached hydrogens (tertiary/aromatic N) is 3. The van der Waals surface area contributed by atoms with Gasteiger partial charge in [-0.15, -0.1) is 0 Å². The lowest BCUT2D eigenvalue weighted by atomic mass is 10.1. The van der Waals surface area contributed by atoms with E-state index in [1.807, 2.05) is 62.4 Å². The van der Waals surface area contributed by atoms with Gasteiger partial charge in [-0.25, -0.2) is 9.97 Å². The van der Waals surface area contributed by atoms with Crippen LogP contribution in [-0.2, 0) is 11.3 Å². The molecule has 31 heavy (non-hydrogen) atoms. The number of para-hydroxylation sites is 1. The van der Waals surface area contributed by atoms with Gasteiger partial charge in [0.25, 0.3) is 5.56 Å². The van der Waals surface area contributed by atoms with E-state index >= 15 is 0 Å². The summed E-state index contributed by atoms with van der Waals surface area (Å²) in [4.78, 5) is 34.6. The largest absolute Gasteiger partial charge is 0.325 e. The number of thioether (sulfide) groups is 1. The Hall–Kier alpha value is -3.45. The molecular formula is C24H22N4O2S. The van der Waals surface area contributed by atoms with Gasteiger partial charge in [-0.05, 0) is 42.7 Å². The van der Waals surface area contributed by atoms with Gasteiger partial charge in [0.05, 0.1) is 17.7 Å². The van der Waals surface area contributed by atoms with Gasteiger partial charge in [0, 0.05) is 11.9 Å². The third-order valence-electron chi connectivity index (χ3n) is 4.96. The van der Waals surface area contributed by atoms with Crippen molar-refractivity contribution in [3.63, 3.8) is 0 Å². The second-order valence-corrected chi connectivity index (χ2v) is 8.19. The first kappa shape index (κ1) is 20.8. The molecule has 0 unspecified atom stereocenters. The van der Waals surface area contributed by atoms with Crippen LogP contribution in [-0.4, -0.2) is 26.2 Å². The second-order valence-electron chi connectivity index (χ2n) is 7.25. The van der Waals surface area contributed by atoms with Crippen LogP contribution in [0.1, 0.15) is 16.7 Å². The highest BCUT2D eigenvalue weighted by Crippen LogP contribution is 2.22. The van der Waals surface area contributed by atoms with E-state index in [1.54, 1.807) is 22.9 Å². The molecule has 1 N–H and O–H groups in total. The van der Waals surface area contributed by atoms with Crippen LogP contribution >= 0.6 is 11.8 Å². The van der Waals surface area contributed by atoms with Crippen molar-refractivity contribution in [1.29, 1.82) is 0 Å². The van der Waals surface area contributed by atoms with Gasteiger partial charge in [0.15, 0.2) is 10.8 Å². The lowest BCUT2D eigenvalue weighted by molar-refractivity contribution is -0.113. The molecule has 0 fully saturated rings. The molecule has 0 radical (unpaired) electrons. The third-order valence-corrected chi connectivity index (χ3v) is 5.93. The summed E-state index contributed by atoms with van der Waals surface area (Å²) in [5.41, 5.74) is 4.04. The highest BCUT2D eigenvalue weighted by atomic mass is 32.2. The number of anilines is 1. The number of benzene rings is 2. The van der Waals surface area contributed by atoms with Crippen molar-refractivity contribution in [2.75, 3.05) is 11.1 Å². The van der Waals surface area contributed by atoms with E-state index in [1.165, 1.54) is 11.8 Å². The molecule has 0 aliphatic carbocycles. The van der Waals surface area contributed by atoms with E-state index in [-0.39, 0.29) is 17.2 Å². The quantitative estimate of drug-likeness (QED) is 0.367. The van der Waals surface area contributed by atoms with Gasteiger partial charge < -0.3 is 5.32 Å². The van der Waals surface area contributed by atoms with Crippen LogP contribution in [0.3, 0.4) is 0 Å². The maximum atomic E-state index is 13.1. The Labute approximate surface area is 184 Å². The Kier molecular flexibility index (Phi) is 6.13. The van der Waals surface area contributed by atoms with Crippen LogP contribution in [0, 0.1) is 13.8 Å². The lowest BCUT2D eigenvalue weighted by Crippen LogP contribution is -2.25. The molecule has 0 bridgehead atoms. The molecule has 2 heterocycles. The summed E-state index contributed by atoms with van der Waals surface area (Å²) in [6, 6.07) is 19.1. The van der Waals surface area contributed by atoms with E-state index in [9.17, 15) is 9.59 Å². The molecule has 2 aromatic heterocycles. The zero-order valence-electron chi connectivity index (χ0n) is 17.3. The second kappa shape index (κ2) is 9.14. The summed E-state index contributed by atoms with van der Waals surface area (Å²) in [5.74, 6) is -0.0168. The monoisotopic (exact) mass is 430 g/mol. The maximum Gasteiger partial charge on any atom is 0.263 e. The van der Waals surface area contributed by atoms with Crippen LogP contribution < -0.4 is 10.9 Å². The van der Waals surface area contributed by atoms with E-state index in [2.05, 4.69) is 15.3 Å². The summed E-state index contributed by atoms with van der Waals surface area (Å²) in [6.07, 6.45) is 1.61. The SMILES string of the molecule is Cc1cccc(C)c1NC(=O)CSc1nc2ncccc2c(=O)n1Cc1ccccc1. The first-order valence-electron chi connectivity index (χ1n) is 9.91. The van der Waals surface area contributed by atoms with Crippen molar-refractivity contribution < 1.29 is 4.79 Å². The number of aryl methyl sites for hydroxylation is 2. The van der Waals surface area contributed by atoms with Crippen molar-refractivity contribution in [1.82, 2.24) is 14.5 Å². The Balaban J connectivity index is 1.62. The number of fused-ring (bicyclic) bond motifs is 1. The predicted octanol–water partition coefficient (Wildman–Crippen LogP) is 4.19. The Morgan fingerprint density at radius 3 is 2.48 bits per heavy atom. The van der Waals surface area contributed by atoms with Crippen LogP contribution in [0.2, 0.25) is 0 Å². The van der Waals surface area contributed by atoms with Gasteiger partial charge in [-0.3, -0.25) is 14.2 Å². The molecule has 2 aromatic carbocycles. The van der Waals surface area contributed by atoms with E-state index < -0.39 is 0 Å². The van der Waals surface area contributed by atoms with Gasteiger partial charge in [-0.1, -0.05) is 60.3 Å². The van der Waals surface area contributed by atoms with Crippen molar-refractivity contribution in [3.05, 3.63) is 93.9 Å². The number of pyridine rings is 1. The van der Waals surface area contributed by atoms with Crippen LogP contribution in [0.25, 0.3) is 11.0 Å². The van der Waals surface area contributed by atoms with Crippen molar-refractivity contribution >= 4 is 34.4 Å². The molecule has 0 aliphatic rings. The molecule has 156 valence electrons. The Morgan fingerprint density at radius 1 is 1.00 bits per heavy atom. The summed E-state index contributed by atoms with van der Waals surface area (Å²) >= 11 is 1.23. The highest BCUT2D eigenvalue weighted by Gasteiger charge is 2.15. The predicted molar refractivity (Wildman–Crippen MR) is 125 cm³/mol. The zero-order chi connectivity index (χ0) is 21.8. The van der Waals surface area contributed by atoms with Gasteiger partial charge in [0.1, 0.15) is 0 Å². The molecule has 0 saturated carbocycles. The normalized spacial score (nSPS) is 10.9. The molecule has 0 atom stereocenters. The van der Waals surface area contributed by atoms with E-state index in [0.29, 0.717) is 22.7 Å². The summed E-state index contributed by atoms with van der Waals surface area (Å²) in [7, 11) is 0. The minimum Gasteiger partial charge on any atom is -0.325 e. The fourth-order valence-electron chi connectivity index (χ4n) is 3.37. The number of carbonyl (C=O) groups excluding carboxylic acids is 1. The fraction of sp³-hybridized carbons (Fsp3) is 0.167. The molecule has 0 spiro atoms. The number of hydrogen-bond acceptors (Lipinski definition) is 5. The molecule has 1 amide bonds. The van der Waals surface area contributed by atoms with Crippen LogP contribution in [0.15, 0.2) is 76.8 Å². The molecule has 0 saturated heterocycles. The summed E-state index contributed by atoms with van der Waals surface area (Å²) in [6.45, 7) is 4.30. The van der Waals surface area contributed by atoms with E-state index in [0.717, 1.165) is 22.4 Å². The zero-order valence-corrected chi connectivity index (χ0v) is 18.1. The molecule has 6 nitrogen and oxygen atoms in total. The summed E-state index contributed by atoms with van der Waals surface area (Å²) < 4.78 is 1.61. The molecule has 4 aromatic rings. The first-order chi connectivity index (χ1) is 15.0. The smallest absolute Gasteiger partial charge is 0.263 e. The summed E-state index contributed by atoms with van der Waals surface area (Å²) in [5, 5.41) is 3.91. The number of aromatic nitrogens is 3. The minimum absolute atomic E-state index is 0.132. The maximum absolute atomic E-state index is 13.1. The molecule has 7 heteroatoms. The topological polar surface area (TPSA) is 76.9 Å². The Morgan fingerprint density at radius 2 is 1.74 bits per heavy atom. The van der Waals surface area contributed by atoms with Crippen LogP contribution in [0.4, 0.5) is 5.69 Å². The standard InChI is InChI=1S/C24H22N4O2S/c1-16-8-6-9-17(2)21(16)26-20(29)15-31-24-27-22-19(12-7-13-25-22)23(30)28(24)14-18-10-4-3-5-11-18/h3-13H,14-15H2,1-2H3,(H,26,29). The van der Waals surface area contributed by atoms with Crippen LogP contribution in [0.5, 0.6) is 0 Å². The number of hydrogen-bond donors (Lipinski definition) is 1. The van der Waals surface area contributed by atoms with Crippen molar-refractivity contribution in [2.24, 2.45) is 0 Å². The number of rotatable bonds is 6. The number of carbonyl (C=O) groups is 1. The first-order valence-corrected chi connectivity index (χ1v) is 10.9. The van der Waals surface area contributed by atoms with Crippen molar-refractivity contribution in [2.45, 2.75) is 25.5 Å². The Bertz CT molecular complexity index is 1280. The van der Waals surface area contributed by atoms with Crippen molar-refractivity contribution in [3.8, 4) is 0 Å². The minimum atomic E-state index is -0.167. The fourth-order valence-corrected chi connectivity index (χ4v) is 4.16. The van der Waals surface area contributed by atoms with Gasteiger partial charge in [-0.2, -0.15) is 0 Å². The average Bonchev–Trinajstić information content (AvgIpc) is 2.78. The highest BCUT2D eigenvalue weighted by molar-refractivity contribution is 7.99. The van der Waals surface area contributed by atoms with E-state index in [4.69, 9.17) is 0 Å². The molecular weight excluding hydrogens is 408 g/mol. The number of amides is 1. The van der Waals surface area contributed by atoms with Gasteiger partial charge in [0.2, 0.25) is 5.91 Å². The van der Waals surface area contributed by atoms with Gasteiger partial charge >= 0.3 is 0 Å². The molecule has 4 rings (SSSR count). The average molecular weight is 431 g/mol. The number of nitrogens with one attached hydrogen (secondary N) is 1. The third kappa shape index (κ3) is 4.67. The molecule has 0 aliphatic heterocycles.